The zero-order valence-electron chi connectivity index (χ0n) is 15.6. The Morgan fingerprint density at radius 3 is 2.52 bits per heavy atom. The Morgan fingerprint density at radius 2 is 1.96 bits per heavy atom. The van der Waals surface area contributed by atoms with E-state index in [-0.39, 0.29) is 18.0 Å². The summed E-state index contributed by atoms with van der Waals surface area (Å²) in [6, 6.07) is 5.30. The standard InChI is InChI=1S/C19H30N4O2/c1-4-17(18(24)22(2)3)21-19(25)23(16-11-6-5-7-12-16)14-15-10-8-9-13-20-15/h8-10,13,16-17H,4-7,11-12,14H2,1-3H3,(H,21,25)/t17-/m1/s1. The second-order valence-electron chi connectivity index (χ2n) is 6.88. The summed E-state index contributed by atoms with van der Waals surface area (Å²) < 4.78 is 0. The van der Waals surface area contributed by atoms with Crippen molar-refractivity contribution in [2.45, 2.75) is 64.1 Å². The van der Waals surface area contributed by atoms with Crippen molar-refractivity contribution in [2.75, 3.05) is 14.1 Å². The van der Waals surface area contributed by atoms with Gasteiger partial charge in [0.05, 0.1) is 12.2 Å². The zero-order chi connectivity index (χ0) is 18.2. The minimum Gasteiger partial charge on any atom is -0.347 e. The molecule has 25 heavy (non-hydrogen) atoms. The highest BCUT2D eigenvalue weighted by atomic mass is 16.2. The molecule has 2 rings (SSSR count). The molecule has 1 atom stereocenters. The van der Waals surface area contributed by atoms with E-state index in [1.165, 1.54) is 11.3 Å². The summed E-state index contributed by atoms with van der Waals surface area (Å²) in [7, 11) is 3.42. The molecule has 1 aliphatic carbocycles. The zero-order valence-corrected chi connectivity index (χ0v) is 15.6. The number of nitrogens with one attached hydrogen (secondary N) is 1. The number of carbonyl (C=O) groups is 2. The van der Waals surface area contributed by atoms with Gasteiger partial charge >= 0.3 is 6.03 Å². The maximum absolute atomic E-state index is 13.0. The lowest BCUT2D eigenvalue weighted by atomic mass is 9.94. The minimum atomic E-state index is -0.489. The molecule has 138 valence electrons. The molecule has 1 aromatic heterocycles. The molecule has 0 radical (unpaired) electrons. The summed E-state index contributed by atoms with van der Waals surface area (Å²) in [5.41, 5.74) is 0.871. The fourth-order valence-corrected chi connectivity index (χ4v) is 3.31. The van der Waals surface area contributed by atoms with Crippen molar-refractivity contribution >= 4 is 11.9 Å². The fraction of sp³-hybridized carbons (Fsp3) is 0.632. The quantitative estimate of drug-likeness (QED) is 0.861. The number of hydrogen-bond acceptors (Lipinski definition) is 3. The van der Waals surface area contributed by atoms with Gasteiger partial charge in [-0.3, -0.25) is 9.78 Å². The van der Waals surface area contributed by atoms with Crippen LogP contribution in [0.2, 0.25) is 0 Å². The number of amides is 3. The Balaban J connectivity index is 2.12. The first-order chi connectivity index (χ1) is 12.0. The summed E-state index contributed by atoms with van der Waals surface area (Å²) in [6.07, 6.45) is 7.86. The van der Waals surface area contributed by atoms with E-state index in [0.29, 0.717) is 13.0 Å². The molecule has 1 N–H and O–H groups in total. The fourth-order valence-electron chi connectivity index (χ4n) is 3.31. The molecule has 0 spiro atoms. The van der Waals surface area contributed by atoms with Crippen LogP contribution in [-0.4, -0.2) is 52.9 Å². The number of aromatic nitrogens is 1. The lowest BCUT2D eigenvalue weighted by Crippen LogP contribution is -2.53. The highest BCUT2D eigenvalue weighted by Crippen LogP contribution is 2.24. The third kappa shape index (κ3) is 5.44. The van der Waals surface area contributed by atoms with Crippen LogP contribution in [0.25, 0.3) is 0 Å². The van der Waals surface area contributed by atoms with Crippen molar-refractivity contribution in [3.63, 3.8) is 0 Å². The molecule has 0 aromatic carbocycles. The van der Waals surface area contributed by atoms with E-state index < -0.39 is 6.04 Å². The first-order valence-corrected chi connectivity index (χ1v) is 9.21. The van der Waals surface area contributed by atoms with Crippen LogP contribution >= 0.6 is 0 Å². The highest BCUT2D eigenvalue weighted by molar-refractivity contribution is 5.86. The summed E-state index contributed by atoms with van der Waals surface area (Å²) >= 11 is 0. The van der Waals surface area contributed by atoms with Crippen molar-refractivity contribution in [3.8, 4) is 0 Å². The number of pyridine rings is 1. The van der Waals surface area contributed by atoms with Gasteiger partial charge in [0.15, 0.2) is 0 Å². The molecular weight excluding hydrogens is 316 g/mol. The van der Waals surface area contributed by atoms with Gasteiger partial charge in [-0.2, -0.15) is 0 Å². The maximum Gasteiger partial charge on any atom is 0.318 e. The molecule has 1 fully saturated rings. The molecule has 0 aliphatic heterocycles. The first kappa shape index (κ1) is 19.2. The molecule has 1 saturated carbocycles. The third-order valence-corrected chi connectivity index (χ3v) is 4.78. The van der Waals surface area contributed by atoms with E-state index in [1.807, 2.05) is 30.0 Å². The number of nitrogens with zero attached hydrogens (tertiary/aromatic N) is 3. The predicted octanol–water partition coefficient (Wildman–Crippen LogP) is 2.79. The Bertz CT molecular complexity index is 556. The largest absolute Gasteiger partial charge is 0.347 e. The molecule has 1 heterocycles. The average molecular weight is 346 g/mol. The Hall–Kier alpha value is -2.11. The Morgan fingerprint density at radius 1 is 1.24 bits per heavy atom. The molecule has 0 bridgehead atoms. The lowest BCUT2D eigenvalue weighted by molar-refractivity contribution is -0.130. The second-order valence-corrected chi connectivity index (χ2v) is 6.88. The number of rotatable bonds is 6. The summed E-state index contributed by atoms with van der Waals surface area (Å²) in [5, 5.41) is 2.93. The van der Waals surface area contributed by atoms with E-state index in [1.54, 1.807) is 20.3 Å². The summed E-state index contributed by atoms with van der Waals surface area (Å²) in [5.74, 6) is -0.0720. The van der Waals surface area contributed by atoms with Crippen LogP contribution in [0.4, 0.5) is 4.79 Å². The summed E-state index contributed by atoms with van der Waals surface area (Å²) in [6.45, 7) is 2.39. The van der Waals surface area contributed by atoms with Gasteiger partial charge in [0.2, 0.25) is 5.91 Å². The van der Waals surface area contributed by atoms with Crippen LogP contribution in [0.1, 0.15) is 51.1 Å². The van der Waals surface area contributed by atoms with Crippen molar-refractivity contribution in [2.24, 2.45) is 0 Å². The van der Waals surface area contributed by atoms with Crippen molar-refractivity contribution in [3.05, 3.63) is 30.1 Å². The molecule has 3 amide bonds. The number of carbonyl (C=O) groups excluding carboxylic acids is 2. The summed E-state index contributed by atoms with van der Waals surface area (Å²) in [4.78, 5) is 33.0. The highest BCUT2D eigenvalue weighted by Gasteiger charge is 2.29. The molecular formula is C19H30N4O2. The lowest BCUT2D eigenvalue weighted by Gasteiger charge is -2.35. The predicted molar refractivity (Wildman–Crippen MR) is 98.0 cm³/mol. The van der Waals surface area contributed by atoms with Crippen molar-refractivity contribution in [1.82, 2.24) is 20.1 Å². The van der Waals surface area contributed by atoms with E-state index in [4.69, 9.17) is 0 Å². The molecule has 1 aromatic rings. The maximum atomic E-state index is 13.0. The van der Waals surface area contributed by atoms with Crippen LogP contribution in [0.15, 0.2) is 24.4 Å². The van der Waals surface area contributed by atoms with Gasteiger partial charge in [0, 0.05) is 26.3 Å². The van der Waals surface area contributed by atoms with Crippen LogP contribution in [0.3, 0.4) is 0 Å². The van der Waals surface area contributed by atoms with Gasteiger partial charge in [0.1, 0.15) is 6.04 Å². The van der Waals surface area contributed by atoms with Crippen molar-refractivity contribution in [1.29, 1.82) is 0 Å². The SMILES string of the molecule is CC[C@@H](NC(=O)N(Cc1ccccn1)C1CCCCC1)C(=O)N(C)C. The minimum absolute atomic E-state index is 0.0720. The monoisotopic (exact) mass is 346 g/mol. The Labute approximate surface area is 150 Å². The smallest absolute Gasteiger partial charge is 0.318 e. The topological polar surface area (TPSA) is 65.5 Å². The first-order valence-electron chi connectivity index (χ1n) is 9.21. The number of urea groups is 1. The molecule has 0 saturated heterocycles. The van der Waals surface area contributed by atoms with Gasteiger partial charge in [-0.15, -0.1) is 0 Å². The molecule has 0 unspecified atom stereocenters. The third-order valence-electron chi connectivity index (χ3n) is 4.78. The van der Waals surface area contributed by atoms with E-state index >= 15 is 0 Å². The molecule has 6 heteroatoms. The van der Waals surface area contributed by atoms with E-state index in [2.05, 4.69) is 10.3 Å². The normalized spacial score (nSPS) is 16.1. The molecule has 1 aliphatic rings. The number of hydrogen-bond donors (Lipinski definition) is 1. The molecule has 6 nitrogen and oxygen atoms in total. The average Bonchev–Trinajstić information content (AvgIpc) is 2.64. The van der Waals surface area contributed by atoms with Crippen LogP contribution in [0.5, 0.6) is 0 Å². The van der Waals surface area contributed by atoms with Crippen LogP contribution < -0.4 is 5.32 Å². The van der Waals surface area contributed by atoms with Gasteiger partial charge in [-0.05, 0) is 31.4 Å². The number of likely N-dealkylation sites (N-methyl/N-ethyl adjacent to an activating group) is 1. The van der Waals surface area contributed by atoms with Crippen LogP contribution in [0, 0.1) is 0 Å². The van der Waals surface area contributed by atoms with E-state index in [9.17, 15) is 9.59 Å². The van der Waals surface area contributed by atoms with Gasteiger partial charge in [0.25, 0.3) is 0 Å². The van der Waals surface area contributed by atoms with Crippen LogP contribution in [-0.2, 0) is 11.3 Å². The van der Waals surface area contributed by atoms with Crippen molar-refractivity contribution < 1.29 is 9.59 Å². The Kier molecular flexibility index (Phi) is 7.22. The van der Waals surface area contributed by atoms with Gasteiger partial charge in [-0.1, -0.05) is 32.3 Å². The van der Waals surface area contributed by atoms with Gasteiger partial charge in [-0.25, -0.2) is 4.79 Å². The second kappa shape index (κ2) is 9.39. The van der Waals surface area contributed by atoms with Gasteiger partial charge < -0.3 is 15.1 Å². The van der Waals surface area contributed by atoms with E-state index in [0.717, 1.165) is 31.4 Å².